The van der Waals surface area contributed by atoms with E-state index >= 15 is 0 Å². The van der Waals surface area contributed by atoms with Crippen molar-refractivity contribution in [2.24, 2.45) is 0 Å². The Kier molecular flexibility index (Phi) is 3.10. The third kappa shape index (κ3) is 1.85. The van der Waals surface area contributed by atoms with E-state index in [1.165, 1.54) is 20.3 Å². The fourth-order valence-corrected chi connectivity index (χ4v) is 1.79. The van der Waals surface area contributed by atoms with Gasteiger partial charge in [-0.3, -0.25) is 0 Å². The molecule has 2 N–H and O–H groups in total. The molecule has 0 fully saturated rings. The van der Waals surface area contributed by atoms with Gasteiger partial charge in [0, 0.05) is 11.6 Å². The number of aromatic nitrogens is 1. The SMILES string of the molecule is COc1c(C)cc(-c2cc(N)on2)c(F)c1OC. The second kappa shape index (κ2) is 4.56. The lowest BCUT2D eigenvalue weighted by molar-refractivity contribution is 0.336. The number of aryl methyl sites for hydroxylation is 1. The van der Waals surface area contributed by atoms with Crippen LogP contribution in [0.1, 0.15) is 5.56 Å². The Morgan fingerprint density at radius 2 is 1.89 bits per heavy atom. The topological polar surface area (TPSA) is 70.5 Å². The van der Waals surface area contributed by atoms with Crippen LogP contribution in [0.4, 0.5) is 10.3 Å². The maximum atomic E-state index is 14.3. The predicted octanol–water partition coefficient (Wildman–Crippen LogP) is 2.39. The highest BCUT2D eigenvalue weighted by atomic mass is 19.1. The molecule has 2 rings (SSSR count). The number of nitrogen functional groups attached to an aromatic ring is 1. The molecule has 0 aliphatic rings. The zero-order valence-electron chi connectivity index (χ0n) is 10.3. The number of nitrogens with zero attached hydrogens (tertiary/aromatic N) is 1. The average molecular weight is 252 g/mol. The van der Waals surface area contributed by atoms with Crippen molar-refractivity contribution in [1.82, 2.24) is 5.16 Å². The molecule has 0 radical (unpaired) electrons. The first-order chi connectivity index (χ1) is 8.58. The van der Waals surface area contributed by atoms with Gasteiger partial charge in [-0.05, 0) is 18.6 Å². The molecular weight excluding hydrogens is 239 g/mol. The lowest BCUT2D eigenvalue weighted by Crippen LogP contribution is -1.98. The molecule has 2 aromatic rings. The summed E-state index contributed by atoms with van der Waals surface area (Å²) in [6.07, 6.45) is 0. The minimum atomic E-state index is -0.562. The van der Waals surface area contributed by atoms with E-state index in [1.54, 1.807) is 13.0 Å². The number of hydrogen-bond acceptors (Lipinski definition) is 5. The van der Waals surface area contributed by atoms with Crippen LogP contribution in [0.2, 0.25) is 0 Å². The molecule has 1 aromatic carbocycles. The molecule has 0 saturated heterocycles. The molecule has 18 heavy (non-hydrogen) atoms. The molecule has 6 heteroatoms. The van der Waals surface area contributed by atoms with Gasteiger partial charge < -0.3 is 19.7 Å². The Morgan fingerprint density at radius 3 is 2.39 bits per heavy atom. The van der Waals surface area contributed by atoms with E-state index in [1.807, 2.05) is 0 Å². The van der Waals surface area contributed by atoms with E-state index in [2.05, 4.69) is 5.16 Å². The lowest BCUT2D eigenvalue weighted by Gasteiger charge is -2.13. The molecule has 0 amide bonds. The number of ether oxygens (including phenoxy) is 2. The predicted molar refractivity (Wildman–Crippen MR) is 64.2 cm³/mol. The van der Waals surface area contributed by atoms with Crippen molar-refractivity contribution in [3.8, 4) is 22.8 Å². The van der Waals surface area contributed by atoms with Crippen LogP contribution >= 0.6 is 0 Å². The summed E-state index contributed by atoms with van der Waals surface area (Å²) in [7, 11) is 2.83. The number of rotatable bonds is 3. The van der Waals surface area contributed by atoms with E-state index < -0.39 is 5.82 Å². The zero-order valence-corrected chi connectivity index (χ0v) is 10.3. The van der Waals surface area contributed by atoms with Gasteiger partial charge >= 0.3 is 0 Å². The van der Waals surface area contributed by atoms with E-state index in [4.69, 9.17) is 19.7 Å². The number of anilines is 1. The Bertz CT molecular complexity index is 581. The minimum absolute atomic E-state index is 0.0362. The van der Waals surface area contributed by atoms with Crippen molar-refractivity contribution >= 4 is 5.88 Å². The molecule has 0 saturated carbocycles. The summed E-state index contributed by atoms with van der Waals surface area (Å²) in [6, 6.07) is 3.05. The van der Waals surface area contributed by atoms with Gasteiger partial charge in [-0.2, -0.15) is 0 Å². The summed E-state index contributed by atoms with van der Waals surface area (Å²) in [6.45, 7) is 1.79. The summed E-state index contributed by atoms with van der Waals surface area (Å²) in [4.78, 5) is 0. The van der Waals surface area contributed by atoms with E-state index in [0.29, 0.717) is 11.4 Å². The third-order valence-corrected chi connectivity index (χ3v) is 2.57. The molecule has 0 aliphatic carbocycles. The quantitative estimate of drug-likeness (QED) is 0.908. The molecule has 0 aliphatic heterocycles. The van der Waals surface area contributed by atoms with Crippen LogP contribution in [0.5, 0.6) is 11.5 Å². The summed E-state index contributed by atoms with van der Waals surface area (Å²) in [5, 5.41) is 3.68. The van der Waals surface area contributed by atoms with Crippen LogP contribution < -0.4 is 15.2 Å². The van der Waals surface area contributed by atoms with Crippen molar-refractivity contribution in [2.75, 3.05) is 20.0 Å². The van der Waals surface area contributed by atoms with Gasteiger partial charge in [-0.15, -0.1) is 0 Å². The Hall–Kier alpha value is -2.24. The van der Waals surface area contributed by atoms with Gasteiger partial charge in [0.1, 0.15) is 5.69 Å². The fourth-order valence-electron chi connectivity index (χ4n) is 1.79. The third-order valence-electron chi connectivity index (χ3n) is 2.57. The van der Waals surface area contributed by atoms with Crippen molar-refractivity contribution < 1.29 is 18.4 Å². The Morgan fingerprint density at radius 1 is 1.22 bits per heavy atom. The van der Waals surface area contributed by atoms with Crippen molar-refractivity contribution in [3.63, 3.8) is 0 Å². The van der Waals surface area contributed by atoms with Crippen molar-refractivity contribution in [1.29, 1.82) is 0 Å². The number of methoxy groups -OCH3 is 2. The molecule has 1 aromatic heterocycles. The van der Waals surface area contributed by atoms with Crippen LogP contribution in [0, 0.1) is 12.7 Å². The summed E-state index contributed by atoms with van der Waals surface area (Å²) in [5.74, 6) is -0.0469. The van der Waals surface area contributed by atoms with Gasteiger partial charge in [0.05, 0.1) is 14.2 Å². The number of halogens is 1. The molecule has 0 spiro atoms. The van der Waals surface area contributed by atoms with Crippen LogP contribution in [-0.2, 0) is 0 Å². The highest BCUT2D eigenvalue weighted by molar-refractivity contribution is 5.68. The second-order valence-electron chi connectivity index (χ2n) is 3.74. The maximum Gasteiger partial charge on any atom is 0.222 e. The summed E-state index contributed by atoms with van der Waals surface area (Å²) < 4.78 is 29.1. The van der Waals surface area contributed by atoms with E-state index in [9.17, 15) is 4.39 Å². The molecule has 96 valence electrons. The maximum absolute atomic E-state index is 14.3. The molecule has 0 bridgehead atoms. The molecule has 0 unspecified atom stereocenters. The largest absolute Gasteiger partial charge is 0.492 e. The van der Waals surface area contributed by atoms with E-state index in [0.717, 1.165) is 5.56 Å². The van der Waals surface area contributed by atoms with Gasteiger partial charge in [0.2, 0.25) is 5.88 Å². The summed E-state index contributed by atoms with van der Waals surface area (Å²) >= 11 is 0. The van der Waals surface area contributed by atoms with Crippen LogP contribution in [0.15, 0.2) is 16.7 Å². The highest BCUT2D eigenvalue weighted by Gasteiger charge is 2.20. The first kappa shape index (κ1) is 12.2. The van der Waals surface area contributed by atoms with Crippen LogP contribution in [0.3, 0.4) is 0 Å². The molecule has 0 atom stereocenters. The van der Waals surface area contributed by atoms with Gasteiger partial charge in [0.25, 0.3) is 0 Å². The van der Waals surface area contributed by atoms with Crippen molar-refractivity contribution in [3.05, 3.63) is 23.5 Å². The number of hydrogen-bond donors (Lipinski definition) is 1. The minimum Gasteiger partial charge on any atom is -0.492 e. The number of nitrogens with two attached hydrogens (primary N) is 1. The number of benzene rings is 1. The second-order valence-corrected chi connectivity index (χ2v) is 3.74. The van der Waals surface area contributed by atoms with Crippen LogP contribution in [0.25, 0.3) is 11.3 Å². The smallest absolute Gasteiger partial charge is 0.222 e. The molecule has 1 heterocycles. The molecule has 5 nitrogen and oxygen atoms in total. The first-order valence-corrected chi connectivity index (χ1v) is 5.22. The fraction of sp³-hybridized carbons (Fsp3) is 0.250. The zero-order chi connectivity index (χ0) is 13.3. The molecular formula is C12H13FN2O3. The van der Waals surface area contributed by atoms with Gasteiger partial charge in [0.15, 0.2) is 17.3 Å². The lowest BCUT2D eigenvalue weighted by atomic mass is 10.1. The Balaban J connectivity index is 2.66. The van der Waals surface area contributed by atoms with Crippen molar-refractivity contribution in [2.45, 2.75) is 6.92 Å². The van der Waals surface area contributed by atoms with E-state index in [-0.39, 0.29) is 17.2 Å². The monoisotopic (exact) mass is 252 g/mol. The van der Waals surface area contributed by atoms with Crippen LogP contribution in [-0.4, -0.2) is 19.4 Å². The first-order valence-electron chi connectivity index (χ1n) is 5.22. The Labute approximate surface area is 103 Å². The van der Waals surface area contributed by atoms with Gasteiger partial charge in [-0.25, -0.2) is 4.39 Å². The average Bonchev–Trinajstić information content (AvgIpc) is 2.77. The highest BCUT2D eigenvalue weighted by Crippen LogP contribution is 2.39. The normalized spacial score (nSPS) is 10.4. The van der Waals surface area contributed by atoms with Gasteiger partial charge in [-0.1, -0.05) is 5.16 Å². The summed E-state index contributed by atoms with van der Waals surface area (Å²) in [5.41, 5.74) is 6.72. The standard InChI is InChI=1S/C12H13FN2O3/c1-6-4-7(8-5-9(14)18-15-8)10(13)12(17-3)11(6)16-2/h4-5H,14H2,1-3H3.